The Hall–Kier alpha value is -0.900. The molecule has 1 aliphatic carbocycles. The number of fused-ring (bicyclic) bond motifs is 1. The molecule has 1 saturated carbocycles. The van der Waals surface area contributed by atoms with E-state index in [-0.39, 0.29) is 0 Å². The zero-order valence-electron chi connectivity index (χ0n) is 11.1. The highest BCUT2D eigenvalue weighted by atomic mass is 16.5. The highest BCUT2D eigenvalue weighted by Crippen LogP contribution is 2.26. The van der Waals surface area contributed by atoms with Crippen LogP contribution in [0, 0.1) is 0 Å². The first-order valence-corrected chi connectivity index (χ1v) is 6.94. The molecule has 0 amide bonds. The molecular formula is C15H22N2O. The van der Waals surface area contributed by atoms with E-state index in [1.807, 2.05) is 0 Å². The van der Waals surface area contributed by atoms with E-state index in [1.165, 1.54) is 24.0 Å². The van der Waals surface area contributed by atoms with Crippen molar-refractivity contribution in [3.63, 3.8) is 0 Å². The molecule has 98 valence electrons. The summed E-state index contributed by atoms with van der Waals surface area (Å²) in [5, 5.41) is 3.62. The third-order valence-electron chi connectivity index (χ3n) is 4.00. The van der Waals surface area contributed by atoms with E-state index in [9.17, 15) is 0 Å². The highest BCUT2D eigenvalue weighted by Gasteiger charge is 2.26. The lowest BCUT2D eigenvalue weighted by molar-refractivity contribution is 0.0814. The molecule has 1 aromatic rings. The number of hydrogen-bond acceptors (Lipinski definition) is 3. The number of benzene rings is 1. The normalized spacial score (nSPS) is 23.1. The molecule has 1 heterocycles. The van der Waals surface area contributed by atoms with Crippen molar-refractivity contribution in [3.8, 4) is 0 Å². The van der Waals surface area contributed by atoms with Crippen LogP contribution in [0.25, 0.3) is 0 Å². The van der Waals surface area contributed by atoms with Crippen LogP contribution < -0.4 is 5.32 Å². The molecule has 1 aromatic carbocycles. The molecule has 1 unspecified atom stereocenters. The zero-order valence-corrected chi connectivity index (χ0v) is 11.1. The Kier molecular flexibility index (Phi) is 3.64. The number of hydrogen-bond donors (Lipinski definition) is 1. The van der Waals surface area contributed by atoms with E-state index >= 15 is 0 Å². The molecule has 3 heteroatoms. The van der Waals surface area contributed by atoms with Gasteiger partial charge in [-0.1, -0.05) is 24.3 Å². The van der Waals surface area contributed by atoms with Crippen molar-refractivity contribution in [2.75, 3.05) is 26.7 Å². The van der Waals surface area contributed by atoms with Crippen LogP contribution in [0.5, 0.6) is 0 Å². The first-order valence-electron chi connectivity index (χ1n) is 6.94. The summed E-state index contributed by atoms with van der Waals surface area (Å²) in [6, 6.07) is 9.81. The van der Waals surface area contributed by atoms with Crippen LogP contribution in [-0.2, 0) is 11.3 Å². The van der Waals surface area contributed by atoms with Crippen molar-refractivity contribution in [2.24, 2.45) is 0 Å². The van der Waals surface area contributed by atoms with Crippen LogP contribution in [-0.4, -0.2) is 37.7 Å². The lowest BCUT2D eigenvalue weighted by atomic mass is 9.99. The van der Waals surface area contributed by atoms with Gasteiger partial charge in [-0.2, -0.15) is 0 Å². The van der Waals surface area contributed by atoms with Gasteiger partial charge < -0.3 is 15.0 Å². The molecule has 1 fully saturated rings. The Bertz CT molecular complexity index is 403. The van der Waals surface area contributed by atoms with Crippen LogP contribution >= 0.6 is 0 Å². The Morgan fingerprint density at radius 3 is 3.00 bits per heavy atom. The minimum atomic E-state index is 0.363. The molecular weight excluding hydrogens is 224 g/mol. The van der Waals surface area contributed by atoms with E-state index < -0.39 is 0 Å². The predicted octanol–water partition coefficient (Wildman–Crippen LogP) is 1.94. The highest BCUT2D eigenvalue weighted by molar-refractivity contribution is 5.31. The maximum absolute atomic E-state index is 5.65. The molecule has 2 aliphatic rings. The molecule has 0 bridgehead atoms. The van der Waals surface area contributed by atoms with Crippen molar-refractivity contribution in [3.05, 3.63) is 35.4 Å². The third-order valence-corrected chi connectivity index (χ3v) is 4.00. The van der Waals surface area contributed by atoms with Crippen molar-refractivity contribution < 1.29 is 4.74 Å². The van der Waals surface area contributed by atoms with Crippen molar-refractivity contribution in [1.29, 1.82) is 0 Å². The molecule has 1 N–H and O–H groups in total. The minimum absolute atomic E-state index is 0.363. The van der Waals surface area contributed by atoms with Crippen molar-refractivity contribution in [2.45, 2.75) is 31.5 Å². The molecule has 0 radical (unpaired) electrons. The second-order valence-corrected chi connectivity index (χ2v) is 5.43. The average Bonchev–Trinajstić information content (AvgIpc) is 3.23. The van der Waals surface area contributed by atoms with Crippen LogP contribution in [0.2, 0.25) is 0 Å². The summed E-state index contributed by atoms with van der Waals surface area (Å²) >= 11 is 0. The zero-order chi connectivity index (χ0) is 12.4. The fourth-order valence-electron chi connectivity index (χ4n) is 2.66. The number of rotatable bonds is 5. The molecule has 1 aliphatic heterocycles. The molecule has 0 spiro atoms. The lowest BCUT2D eigenvalue weighted by Gasteiger charge is -2.27. The molecule has 1 atom stereocenters. The lowest BCUT2D eigenvalue weighted by Crippen LogP contribution is -2.36. The average molecular weight is 246 g/mol. The van der Waals surface area contributed by atoms with E-state index in [2.05, 4.69) is 41.5 Å². The van der Waals surface area contributed by atoms with Crippen LogP contribution in [0.15, 0.2) is 24.3 Å². The standard InChI is InChI=1S/C15H22N2O/c1-17(13-6-7-13)9-8-16-15-11-18-10-12-4-2-3-5-14(12)15/h2-5,13,15-16H,6-11H2,1H3. The Labute approximate surface area is 109 Å². The van der Waals surface area contributed by atoms with Crippen LogP contribution in [0.1, 0.15) is 30.0 Å². The maximum Gasteiger partial charge on any atom is 0.0721 e. The summed E-state index contributed by atoms with van der Waals surface area (Å²) in [7, 11) is 2.23. The first kappa shape index (κ1) is 12.2. The predicted molar refractivity (Wildman–Crippen MR) is 72.5 cm³/mol. The van der Waals surface area contributed by atoms with Gasteiger partial charge in [0.1, 0.15) is 0 Å². The van der Waals surface area contributed by atoms with E-state index in [0.29, 0.717) is 6.04 Å². The number of ether oxygens (including phenoxy) is 1. The topological polar surface area (TPSA) is 24.5 Å². The van der Waals surface area contributed by atoms with Gasteiger partial charge in [0.2, 0.25) is 0 Å². The quantitative estimate of drug-likeness (QED) is 0.859. The fourth-order valence-corrected chi connectivity index (χ4v) is 2.66. The van der Waals surface area contributed by atoms with Gasteiger partial charge in [-0.15, -0.1) is 0 Å². The number of likely N-dealkylation sites (N-methyl/N-ethyl adjacent to an activating group) is 1. The van der Waals surface area contributed by atoms with Gasteiger partial charge in [0.25, 0.3) is 0 Å². The number of nitrogens with one attached hydrogen (secondary N) is 1. The Morgan fingerprint density at radius 2 is 2.17 bits per heavy atom. The van der Waals surface area contributed by atoms with Crippen molar-refractivity contribution in [1.82, 2.24) is 10.2 Å². The summed E-state index contributed by atoms with van der Waals surface area (Å²) in [4.78, 5) is 2.46. The summed E-state index contributed by atoms with van der Waals surface area (Å²) in [6.07, 6.45) is 2.76. The first-order chi connectivity index (χ1) is 8.84. The Morgan fingerprint density at radius 1 is 1.33 bits per heavy atom. The second-order valence-electron chi connectivity index (χ2n) is 5.43. The minimum Gasteiger partial charge on any atom is -0.375 e. The van der Waals surface area contributed by atoms with E-state index in [4.69, 9.17) is 4.74 Å². The fraction of sp³-hybridized carbons (Fsp3) is 0.600. The second kappa shape index (κ2) is 5.39. The van der Waals surface area contributed by atoms with E-state index in [0.717, 1.165) is 32.3 Å². The maximum atomic E-state index is 5.65. The van der Waals surface area contributed by atoms with Gasteiger partial charge in [-0.3, -0.25) is 0 Å². The van der Waals surface area contributed by atoms with E-state index in [1.54, 1.807) is 0 Å². The molecule has 0 aromatic heterocycles. The summed E-state index contributed by atoms with van der Waals surface area (Å²) < 4.78 is 5.65. The summed E-state index contributed by atoms with van der Waals surface area (Å²) in [5.74, 6) is 0. The SMILES string of the molecule is CN(CCNC1COCc2ccccc21)C1CC1. The molecule has 0 saturated heterocycles. The van der Waals surface area contributed by atoms with Gasteiger partial charge in [0.05, 0.1) is 19.3 Å². The smallest absolute Gasteiger partial charge is 0.0721 e. The van der Waals surface area contributed by atoms with Gasteiger partial charge in [0.15, 0.2) is 0 Å². The monoisotopic (exact) mass is 246 g/mol. The largest absolute Gasteiger partial charge is 0.375 e. The molecule has 3 nitrogen and oxygen atoms in total. The van der Waals surface area contributed by atoms with Gasteiger partial charge >= 0.3 is 0 Å². The van der Waals surface area contributed by atoms with Gasteiger partial charge in [-0.05, 0) is 31.0 Å². The molecule has 3 rings (SSSR count). The third kappa shape index (κ3) is 2.74. The summed E-state index contributed by atoms with van der Waals surface area (Å²) in [5.41, 5.74) is 2.75. The number of nitrogens with zero attached hydrogens (tertiary/aromatic N) is 1. The van der Waals surface area contributed by atoms with Crippen molar-refractivity contribution >= 4 is 0 Å². The van der Waals surface area contributed by atoms with Crippen LogP contribution in [0.4, 0.5) is 0 Å². The molecule has 18 heavy (non-hydrogen) atoms. The Balaban J connectivity index is 1.53. The van der Waals surface area contributed by atoms with Gasteiger partial charge in [0, 0.05) is 19.1 Å². The van der Waals surface area contributed by atoms with Gasteiger partial charge in [-0.25, -0.2) is 0 Å². The summed E-state index contributed by atoms with van der Waals surface area (Å²) in [6.45, 7) is 3.72. The van der Waals surface area contributed by atoms with Crippen LogP contribution in [0.3, 0.4) is 0 Å².